The Bertz CT molecular complexity index is 862. The van der Waals surface area contributed by atoms with E-state index in [-0.39, 0.29) is 5.91 Å². The van der Waals surface area contributed by atoms with Gasteiger partial charge in [-0.05, 0) is 54.1 Å². The average molecular weight is 422 g/mol. The standard InChI is InChI=1S/C16H16BrN5O2S/c1-10-11(2)25-16(22-9-19-20-21-22)14(10)15(23)18-7-8-24-13-5-3-12(17)4-6-13/h3-6,9H,7-8H2,1-2H3,(H,18,23). The highest BCUT2D eigenvalue weighted by atomic mass is 79.9. The monoisotopic (exact) mass is 421 g/mol. The van der Waals surface area contributed by atoms with E-state index < -0.39 is 0 Å². The Hall–Kier alpha value is -2.26. The van der Waals surface area contributed by atoms with E-state index in [1.165, 1.54) is 22.3 Å². The van der Waals surface area contributed by atoms with E-state index in [2.05, 4.69) is 36.8 Å². The van der Waals surface area contributed by atoms with Gasteiger partial charge in [0.2, 0.25) is 0 Å². The van der Waals surface area contributed by atoms with E-state index in [0.29, 0.717) is 23.7 Å². The maximum Gasteiger partial charge on any atom is 0.254 e. The summed E-state index contributed by atoms with van der Waals surface area (Å²) in [5.41, 5.74) is 1.53. The van der Waals surface area contributed by atoms with Crippen LogP contribution in [0.25, 0.3) is 5.00 Å². The molecule has 0 aliphatic carbocycles. The van der Waals surface area contributed by atoms with Crippen LogP contribution in [0.3, 0.4) is 0 Å². The predicted molar refractivity (Wildman–Crippen MR) is 98.5 cm³/mol. The van der Waals surface area contributed by atoms with Crippen LogP contribution >= 0.6 is 27.3 Å². The molecule has 0 fully saturated rings. The highest BCUT2D eigenvalue weighted by Gasteiger charge is 2.21. The molecule has 7 nitrogen and oxygen atoms in total. The molecule has 1 aromatic carbocycles. The molecule has 2 heterocycles. The van der Waals surface area contributed by atoms with Crippen molar-refractivity contribution < 1.29 is 9.53 Å². The number of aromatic nitrogens is 4. The van der Waals surface area contributed by atoms with Crippen molar-refractivity contribution in [2.75, 3.05) is 13.2 Å². The highest BCUT2D eigenvalue weighted by molar-refractivity contribution is 9.10. The molecule has 0 saturated carbocycles. The number of nitrogens with one attached hydrogen (secondary N) is 1. The number of benzene rings is 1. The van der Waals surface area contributed by atoms with Gasteiger partial charge >= 0.3 is 0 Å². The van der Waals surface area contributed by atoms with Crippen molar-refractivity contribution in [1.82, 2.24) is 25.5 Å². The van der Waals surface area contributed by atoms with Gasteiger partial charge in [0.15, 0.2) is 0 Å². The van der Waals surface area contributed by atoms with Crippen LogP contribution in [0, 0.1) is 13.8 Å². The van der Waals surface area contributed by atoms with Crippen molar-refractivity contribution in [3.63, 3.8) is 0 Å². The number of thiophene rings is 1. The topological polar surface area (TPSA) is 81.9 Å². The maximum absolute atomic E-state index is 12.6. The lowest BCUT2D eigenvalue weighted by Crippen LogP contribution is -2.29. The molecule has 0 saturated heterocycles. The van der Waals surface area contributed by atoms with E-state index >= 15 is 0 Å². The van der Waals surface area contributed by atoms with Crippen LogP contribution in [0.2, 0.25) is 0 Å². The number of aryl methyl sites for hydroxylation is 1. The van der Waals surface area contributed by atoms with Gasteiger partial charge in [-0.2, -0.15) is 4.68 Å². The zero-order valence-corrected chi connectivity index (χ0v) is 16.1. The van der Waals surface area contributed by atoms with E-state index in [4.69, 9.17) is 4.74 Å². The molecule has 0 atom stereocenters. The summed E-state index contributed by atoms with van der Waals surface area (Å²) in [6.45, 7) is 4.68. The van der Waals surface area contributed by atoms with Crippen molar-refractivity contribution in [3.05, 3.63) is 51.1 Å². The molecule has 1 N–H and O–H groups in total. The van der Waals surface area contributed by atoms with Gasteiger partial charge in [-0.3, -0.25) is 4.79 Å². The summed E-state index contributed by atoms with van der Waals surface area (Å²) in [6.07, 6.45) is 1.48. The Balaban J connectivity index is 1.63. The summed E-state index contributed by atoms with van der Waals surface area (Å²) >= 11 is 4.86. The Morgan fingerprint density at radius 1 is 1.32 bits per heavy atom. The molecule has 130 valence electrons. The zero-order chi connectivity index (χ0) is 17.8. The van der Waals surface area contributed by atoms with E-state index in [0.717, 1.165) is 20.7 Å². The second-order valence-electron chi connectivity index (χ2n) is 5.28. The van der Waals surface area contributed by atoms with Gasteiger partial charge in [0.1, 0.15) is 23.7 Å². The van der Waals surface area contributed by atoms with Gasteiger partial charge in [0.05, 0.1) is 12.1 Å². The molecular formula is C16H16BrN5O2S. The lowest BCUT2D eigenvalue weighted by atomic mass is 10.1. The second-order valence-corrected chi connectivity index (χ2v) is 7.39. The average Bonchev–Trinajstić information content (AvgIpc) is 3.22. The molecule has 0 bridgehead atoms. The quantitative estimate of drug-likeness (QED) is 0.618. The summed E-state index contributed by atoms with van der Waals surface area (Å²) in [5.74, 6) is 0.598. The van der Waals surface area contributed by atoms with Gasteiger partial charge in [0.25, 0.3) is 5.91 Å². The first-order valence-corrected chi connectivity index (χ1v) is 9.17. The number of ether oxygens (including phenoxy) is 1. The van der Waals surface area contributed by atoms with Crippen molar-refractivity contribution in [2.24, 2.45) is 0 Å². The van der Waals surface area contributed by atoms with Crippen LogP contribution < -0.4 is 10.1 Å². The minimum Gasteiger partial charge on any atom is -0.492 e. The fourth-order valence-electron chi connectivity index (χ4n) is 2.24. The molecule has 0 aliphatic heterocycles. The summed E-state index contributed by atoms with van der Waals surface area (Å²) < 4.78 is 8.12. The summed E-state index contributed by atoms with van der Waals surface area (Å²) in [7, 11) is 0. The first-order valence-electron chi connectivity index (χ1n) is 7.56. The Morgan fingerprint density at radius 3 is 2.76 bits per heavy atom. The number of rotatable bonds is 6. The largest absolute Gasteiger partial charge is 0.492 e. The number of halogens is 1. The molecule has 25 heavy (non-hydrogen) atoms. The van der Waals surface area contributed by atoms with Crippen LogP contribution in [0.15, 0.2) is 35.1 Å². The third-order valence-corrected chi connectivity index (χ3v) is 5.35. The molecule has 2 aromatic heterocycles. The minimum absolute atomic E-state index is 0.160. The van der Waals surface area contributed by atoms with Gasteiger partial charge in [-0.25, -0.2) is 0 Å². The number of carbonyl (C=O) groups excluding carboxylic acids is 1. The van der Waals surface area contributed by atoms with Crippen molar-refractivity contribution in [1.29, 1.82) is 0 Å². The molecule has 0 aliphatic rings. The van der Waals surface area contributed by atoms with Crippen molar-refractivity contribution in [3.8, 4) is 10.8 Å². The fourth-order valence-corrected chi connectivity index (χ4v) is 3.58. The first-order chi connectivity index (χ1) is 12.1. The SMILES string of the molecule is Cc1sc(-n2cnnn2)c(C(=O)NCCOc2ccc(Br)cc2)c1C. The van der Waals surface area contributed by atoms with Gasteiger partial charge < -0.3 is 10.1 Å². The van der Waals surface area contributed by atoms with Crippen LogP contribution in [0.1, 0.15) is 20.8 Å². The van der Waals surface area contributed by atoms with Crippen LogP contribution in [-0.4, -0.2) is 39.3 Å². The van der Waals surface area contributed by atoms with E-state index in [1.54, 1.807) is 0 Å². The maximum atomic E-state index is 12.6. The molecule has 3 rings (SSSR count). The van der Waals surface area contributed by atoms with Crippen LogP contribution in [0.5, 0.6) is 5.75 Å². The lowest BCUT2D eigenvalue weighted by molar-refractivity contribution is 0.0946. The normalized spacial score (nSPS) is 10.7. The molecule has 0 unspecified atom stereocenters. The molecule has 1 amide bonds. The van der Waals surface area contributed by atoms with Crippen molar-refractivity contribution in [2.45, 2.75) is 13.8 Å². The van der Waals surface area contributed by atoms with Gasteiger partial charge in [0, 0.05) is 9.35 Å². The summed E-state index contributed by atoms with van der Waals surface area (Å²) in [5, 5.41) is 14.8. The number of hydrogen-bond acceptors (Lipinski definition) is 6. The number of tetrazole rings is 1. The smallest absolute Gasteiger partial charge is 0.254 e. The number of nitrogens with zero attached hydrogens (tertiary/aromatic N) is 4. The fraction of sp³-hybridized carbons (Fsp3) is 0.250. The van der Waals surface area contributed by atoms with Gasteiger partial charge in [-0.15, -0.1) is 16.4 Å². The number of amides is 1. The predicted octanol–water partition coefficient (Wildman–Crippen LogP) is 2.91. The van der Waals surface area contributed by atoms with Crippen LogP contribution in [-0.2, 0) is 0 Å². The van der Waals surface area contributed by atoms with Crippen molar-refractivity contribution >= 4 is 33.2 Å². The van der Waals surface area contributed by atoms with Gasteiger partial charge in [-0.1, -0.05) is 15.9 Å². The second kappa shape index (κ2) is 7.75. The Morgan fingerprint density at radius 2 is 2.08 bits per heavy atom. The summed E-state index contributed by atoms with van der Waals surface area (Å²) in [6, 6.07) is 7.55. The molecular weight excluding hydrogens is 406 g/mol. The third kappa shape index (κ3) is 4.05. The Labute approximate surface area is 157 Å². The van der Waals surface area contributed by atoms with E-state index in [9.17, 15) is 4.79 Å². The molecule has 3 aromatic rings. The zero-order valence-electron chi connectivity index (χ0n) is 13.7. The third-order valence-electron chi connectivity index (χ3n) is 3.62. The number of carbonyl (C=O) groups is 1. The van der Waals surface area contributed by atoms with Crippen LogP contribution in [0.4, 0.5) is 0 Å². The Kier molecular flexibility index (Phi) is 5.44. The number of hydrogen-bond donors (Lipinski definition) is 1. The summed E-state index contributed by atoms with van der Waals surface area (Å²) in [4.78, 5) is 13.7. The minimum atomic E-state index is -0.160. The van der Waals surface area contributed by atoms with E-state index in [1.807, 2.05) is 38.1 Å². The molecule has 9 heteroatoms. The highest BCUT2D eigenvalue weighted by Crippen LogP contribution is 2.30. The first kappa shape index (κ1) is 17.6. The molecule has 0 radical (unpaired) electrons. The lowest BCUT2D eigenvalue weighted by Gasteiger charge is -2.09. The molecule has 0 spiro atoms.